The monoisotopic (exact) mass is 422 g/mol. The Morgan fingerprint density at radius 1 is 1.13 bits per heavy atom. The SMILES string of the molecule is Cc1c(C(=O)Nc2ncc(CN3C(=O)c4ccccc4C3=O)s2)cccc1[N+](=O)[O-]. The third kappa shape index (κ3) is 3.33. The Morgan fingerprint density at radius 3 is 2.43 bits per heavy atom. The number of nitrogens with zero attached hydrogens (tertiary/aromatic N) is 3. The highest BCUT2D eigenvalue weighted by Crippen LogP contribution is 2.28. The molecule has 0 bridgehead atoms. The maximum Gasteiger partial charge on any atom is 0.273 e. The number of aromatic nitrogens is 1. The fourth-order valence-corrected chi connectivity index (χ4v) is 4.01. The normalized spacial score (nSPS) is 12.8. The van der Waals surface area contributed by atoms with Crippen molar-refractivity contribution >= 4 is 39.9 Å². The summed E-state index contributed by atoms with van der Waals surface area (Å²) in [7, 11) is 0. The number of carbonyl (C=O) groups excluding carboxylic acids is 3. The summed E-state index contributed by atoms with van der Waals surface area (Å²) in [5.74, 6) is -1.28. The molecule has 0 saturated heterocycles. The predicted molar refractivity (Wildman–Crippen MR) is 109 cm³/mol. The van der Waals surface area contributed by atoms with Crippen LogP contribution in [-0.2, 0) is 6.54 Å². The van der Waals surface area contributed by atoms with Gasteiger partial charge in [-0.3, -0.25) is 34.7 Å². The molecule has 3 aromatic rings. The third-order valence-corrected chi connectivity index (χ3v) is 5.61. The van der Waals surface area contributed by atoms with E-state index < -0.39 is 10.8 Å². The van der Waals surface area contributed by atoms with Crippen LogP contribution in [0.15, 0.2) is 48.7 Å². The second kappa shape index (κ2) is 7.48. The van der Waals surface area contributed by atoms with E-state index >= 15 is 0 Å². The number of hydrogen-bond acceptors (Lipinski definition) is 7. The fraction of sp³-hybridized carbons (Fsp3) is 0.100. The van der Waals surface area contributed by atoms with E-state index in [1.165, 1.54) is 31.3 Å². The molecule has 0 aliphatic carbocycles. The number of nitro groups is 1. The van der Waals surface area contributed by atoms with Crippen molar-refractivity contribution in [1.29, 1.82) is 0 Å². The van der Waals surface area contributed by atoms with Crippen LogP contribution >= 0.6 is 11.3 Å². The molecule has 0 saturated carbocycles. The van der Waals surface area contributed by atoms with Crippen molar-refractivity contribution in [2.45, 2.75) is 13.5 Å². The van der Waals surface area contributed by atoms with Crippen molar-refractivity contribution < 1.29 is 19.3 Å². The standard InChI is InChI=1S/C20H14N4O5S/c1-11-13(7-4-8-16(11)24(28)29)17(25)22-20-21-9-12(30-20)10-23-18(26)14-5-2-3-6-15(14)19(23)27/h2-9H,10H2,1H3,(H,21,22,25). The number of imide groups is 1. The summed E-state index contributed by atoms with van der Waals surface area (Å²) in [5.41, 5.74) is 1.00. The fourth-order valence-electron chi connectivity index (χ4n) is 3.21. The molecule has 2 heterocycles. The highest BCUT2D eigenvalue weighted by Gasteiger charge is 2.35. The molecule has 30 heavy (non-hydrogen) atoms. The number of nitro benzene ring substituents is 1. The zero-order chi connectivity index (χ0) is 21.4. The molecule has 2 aromatic carbocycles. The van der Waals surface area contributed by atoms with E-state index in [1.54, 1.807) is 24.3 Å². The van der Waals surface area contributed by atoms with Gasteiger partial charge in [0.05, 0.1) is 22.6 Å². The first kappa shape index (κ1) is 19.4. The van der Waals surface area contributed by atoms with E-state index in [1.807, 2.05) is 0 Å². The highest BCUT2D eigenvalue weighted by molar-refractivity contribution is 7.15. The summed E-state index contributed by atoms with van der Waals surface area (Å²) in [6.45, 7) is 1.54. The van der Waals surface area contributed by atoms with E-state index in [0.717, 1.165) is 16.2 Å². The maximum absolute atomic E-state index is 12.5. The minimum atomic E-state index is -0.546. The summed E-state index contributed by atoms with van der Waals surface area (Å²) in [6, 6.07) is 10.9. The zero-order valence-corrected chi connectivity index (χ0v) is 16.4. The number of thiazole rings is 1. The number of amides is 3. The Hall–Kier alpha value is -3.92. The molecule has 0 spiro atoms. The van der Waals surface area contributed by atoms with Gasteiger partial charge in [-0.1, -0.05) is 29.5 Å². The molecule has 1 N–H and O–H groups in total. The molecule has 150 valence electrons. The summed E-state index contributed by atoms with van der Waals surface area (Å²) in [6.07, 6.45) is 1.48. The van der Waals surface area contributed by atoms with Crippen molar-refractivity contribution in [3.8, 4) is 0 Å². The molecule has 1 aliphatic rings. The largest absolute Gasteiger partial charge is 0.298 e. The van der Waals surface area contributed by atoms with Crippen LogP contribution in [0.4, 0.5) is 10.8 Å². The molecule has 0 radical (unpaired) electrons. The van der Waals surface area contributed by atoms with Crippen molar-refractivity contribution in [1.82, 2.24) is 9.88 Å². The molecule has 10 heteroatoms. The van der Waals surface area contributed by atoms with Crippen molar-refractivity contribution in [3.63, 3.8) is 0 Å². The van der Waals surface area contributed by atoms with Crippen LogP contribution in [0.3, 0.4) is 0 Å². The van der Waals surface area contributed by atoms with Crippen LogP contribution < -0.4 is 5.32 Å². The van der Waals surface area contributed by atoms with Gasteiger partial charge in [0.25, 0.3) is 23.4 Å². The molecule has 0 atom stereocenters. The number of benzene rings is 2. The van der Waals surface area contributed by atoms with Gasteiger partial charge in [-0.15, -0.1) is 0 Å². The smallest absolute Gasteiger partial charge is 0.273 e. The number of nitrogens with one attached hydrogen (secondary N) is 1. The molecular weight excluding hydrogens is 408 g/mol. The molecule has 0 fully saturated rings. The van der Waals surface area contributed by atoms with Crippen LogP contribution in [0.25, 0.3) is 0 Å². The highest BCUT2D eigenvalue weighted by atomic mass is 32.1. The Labute approximate surface area is 174 Å². The van der Waals surface area contributed by atoms with E-state index in [2.05, 4.69) is 10.3 Å². The van der Waals surface area contributed by atoms with Crippen LogP contribution in [0.1, 0.15) is 41.5 Å². The minimum Gasteiger partial charge on any atom is -0.298 e. The third-order valence-electron chi connectivity index (χ3n) is 4.71. The Morgan fingerprint density at radius 2 is 1.80 bits per heavy atom. The molecule has 3 amide bonds. The van der Waals surface area contributed by atoms with Gasteiger partial charge in [-0.2, -0.15) is 0 Å². The second-order valence-electron chi connectivity index (χ2n) is 6.53. The quantitative estimate of drug-likeness (QED) is 0.382. The van der Waals surface area contributed by atoms with Crippen LogP contribution in [-0.4, -0.2) is 32.5 Å². The summed E-state index contributed by atoms with van der Waals surface area (Å²) in [5, 5.41) is 13.9. The lowest BCUT2D eigenvalue weighted by Crippen LogP contribution is -2.28. The van der Waals surface area contributed by atoms with Gasteiger partial charge in [-0.05, 0) is 25.1 Å². The van der Waals surface area contributed by atoms with Gasteiger partial charge in [0.2, 0.25) is 0 Å². The average Bonchev–Trinajstić information content (AvgIpc) is 3.26. The van der Waals surface area contributed by atoms with Gasteiger partial charge in [-0.25, -0.2) is 4.98 Å². The summed E-state index contributed by atoms with van der Waals surface area (Å²) >= 11 is 1.12. The molecule has 4 rings (SSSR count). The topological polar surface area (TPSA) is 123 Å². The lowest BCUT2D eigenvalue weighted by Gasteiger charge is -2.11. The first-order valence-corrected chi connectivity index (χ1v) is 9.63. The van der Waals surface area contributed by atoms with Gasteiger partial charge in [0, 0.05) is 28.3 Å². The number of fused-ring (bicyclic) bond motifs is 1. The second-order valence-corrected chi connectivity index (χ2v) is 7.65. The number of rotatable bonds is 5. The van der Waals surface area contributed by atoms with E-state index in [9.17, 15) is 24.5 Å². The number of carbonyl (C=O) groups is 3. The Bertz CT molecular complexity index is 1180. The summed E-state index contributed by atoms with van der Waals surface area (Å²) < 4.78 is 0. The Balaban J connectivity index is 1.49. The lowest BCUT2D eigenvalue weighted by molar-refractivity contribution is -0.385. The maximum atomic E-state index is 12.5. The van der Waals surface area contributed by atoms with Crippen LogP contribution in [0.2, 0.25) is 0 Å². The Kier molecular flexibility index (Phi) is 4.84. The zero-order valence-electron chi connectivity index (χ0n) is 15.6. The number of hydrogen-bond donors (Lipinski definition) is 1. The van der Waals surface area contributed by atoms with Crippen LogP contribution in [0, 0.1) is 17.0 Å². The minimum absolute atomic E-state index is 0.0374. The lowest BCUT2D eigenvalue weighted by atomic mass is 10.1. The van der Waals surface area contributed by atoms with Gasteiger partial charge >= 0.3 is 0 Å². The molecule has 1 aliphatic heterocycles. The van der Waals surface area contributed by atoms with Gasteiger partial charge in [0.1, 0.15) is 0 Å². The van der Waals surface area contributed by atoms with E-state index in [0.29, 0.717) is 16.0 Å². The van der Waals surface area contributed by atoms with E-state index in [4.69, 9.17) is 0 Å². The van der Waals surface area contributed by atoms with E-state index in [-0.39, 0.29) is 40.3 Å². The molecular formula is C20H14N4O5S. The van der Waals surface area contributed by atoms with Gasteiger partial charge in [0.15, 0.2) is 5.13 Å². The first-order valence-electron chi connectivity index (χ1n) is 8.82. The van der Waals surface area contributed by atoms with Gasteiger partial charge < -0.3 is 0 Å². The molecule has 1 aromatic heterocycles. The number of anilines is 1. The molecule has 0 unspecified atom stereocenters. The average molecular weight is 422 g/mol. The van der Waals surface area contributed by atoms with Crippen molar-refractivity contribution in [2.24, 2.45) is 0 Å². The van der Waals surface area contributed by atoms with Crippen molar-refractivity contribution in [2.75, 3.05) is 5.32 Å². The summed E-state index contributed by atoms with van der Waals surface area (Å²) in [4.78, 5) is 53.8. The van der Waals surface area contributed by atoms with Crippen LogP contribution in [0.5, 0.6) is 0 Å². The van der Waals surface area contributed by atoms with Crippen molar-refractivity contribution in [3.05, 3.63) is 85.9 Å². The molecule has 9 nitrogen and oxygen atoms in total. The first-order chi connectivity index (χ1) is 14.4. The predicted octanol–water partition coefficient (Wildman–Crippen LogP) is 3.41.